The lowest BCUT2D eigenvalue weighted by molar-refractivity contribution is -0.124. The Morgan fingerprint density at radius 2 is 1.34 bits per heavy atom. The highest BCUT2D eigenvalue weighted by molar-refractivity contribution is 6.32. The number of halogens is 1. The van der Waals surface area contributed by atoms with Crippen molar-refractivity contribution in [1.82, 2.24) is 0 Å². The molecule has 1 aliphatic carbocycles. The first-order valence-electron chi connectivity index (χ1n) is 9.43. The van der Waals surface area contributed by atoms with Crippen LogP contribution in [0.2, 0.25) is 5.02 Å². The van der Waals surface area contributed by atoms with E-state index >= 15 is 0 Å². The molecule has 0 spiro atoms. The van der Waals surface area contributed by atoms with Gasteiger partial charge in [-0.3, -0.25) is 9.59 Å². The highest BCUT2D eigenvalue weighted by Gasteiger charge is 2.78. The van der Waals surface area contributed by atoms with Crippen LogP contribution in [0.5, 0.6) is 5.75 Å². The fourth-order valence-electron chi connectivity index (χ4n) is 4.84. The van der Waals surface area contributed by atoms with Gasteiger partial charge in [-0.2, -0.15) is 0 Å². The minimum Gasteiger partial charge on any atom is -0.495 e. The third-order valence-corrected chi connectivity index (χ3v) is 6.30. The molecule has 0 aromatic heterocycles. The number of rotatable bonds is 4. The van der Waals surface area contributed by atoms with E-state index in [1.807, 2.05) is 60.7 Å². The molecule has 2 fully saturated rings. The Morgan fingerprint density at radius 3 is 1.83 bits per heavy atom. The molecule has 1 saturated heterocycles. The molecule has 4 nitrogen and oxygen atoms in total. The zero-order valence-electron chi connectivity index (χ0n) is 15.7. The molecule has 0 bridgehead atoms. The number of benzene rings is 3. The number of ether oxygens (including phenoxy) is 1. The largest absolute Gasteiger partial charge is 0.495 e. The second kappa shape index (κ2) is 6.46. The van der Waals surface area contributed by atoms with Crippen molar-refractivity contribution in [1.29, 1.82) is 0 Å². The Balaban J connectivity index is 1.63. The van der Waals surface area contributed by atoms with Crippen molar-refractivity contribution in [3.63, 3.8) is 0 Å². The molecule has 29 heavy (non-hydrogen) atoms. The Hall–Kier alpha value is -3.11. The number of anilines is 1. The number of nitrogens with zero attached hydrogens (tertiary/aromatic N) is 1. The predicted molar refractivity (Wildman–Crippen MR) is 111 cm³/mol. The van der Waals surface area contributed by atoms with Crippen LogP contribution in [0, 0.1) is 11.8 Å². The van der Waals surface area contributed by atoms with Gasteiger partial charge in [0.05, 0.1) is 24.6 Å². The van der Waals surface area contributed by atoms with Gasteiger partial charge in [0.1, 0.15) is 5.75 Å². The number of hydrogen-bond donors (Lipinski definition) is 0. The van der Waals surface area contributed by atoms with Crippen LogP contribution in [0.1, 0.15) is 11.1 Å². The summed E-state index contributed by atoms with van der Waals surface area (Å²) in [6.07, 6.45) is 0. The molecule has 3 aromatic carbocycles. The molecule has 5 heteroatoms. The van der Waals surface area contributed by atoms with Crippen LogP contribution in [0.15, 0.2) is 78.9 Å². The molecule has 2 aliphatic rings. The number of methoxy groups -OCH3 is 1. The topological polar surface area (TPSA) is 46.6 Å². The van der Waals surface area contributed by atoms with E-state index in [1.54, 1.807) is 18.2 Å². The van der Waals surface area contributed by atoms with E-state index in [0.717, 1.165) is 11.1 Å². The van der Waals surface area contributed by atoms with Crippen molar-refractivity contribution in [2.75, 3.05) is 12.0 Å². The molecule has 2 amide bonds. The molecule has 1 heterocycles. The third kappa shape index (κ3) is 2.39. The highest BCUT2D eigenvalue weighted by Crippen LogP contribution is 2.68. The Labute approximate surface area is 173 Å². The monoisotopic (exact) mass is 403 g/mol. The first kappa shape index (κ1) is 18.0. The molecule has 1 aliphatic heterocycles. The van der Waals surface area contributed by atoms with Crippen LogP contribution in [0.25, 0.3) is 0 Å². The summed E-state index contributed by atoms with van der Waals surface area (Å²) in [5.41, 5.74) is 1.75. The number of fused-ring (bicyclic) bond motifs is 1. The quantitative estimate of drug-likeness (QED) is 0.604. The average Bonchev–Trinajstić information content (AvgIpc) is 3.39. The van der Waals surface area contributed by atoms with Crippen molar-refractivity contribution < 1.29 is 14.3 Å². The lowest BCUT2D eigenvalue weighted by atomic mass is 9.83. The molecule has 2 atom stereocenters. The maximum Gasteiger partial charge on any atom is 0.239 e. The summed E-state index contributed by atoms with van der Waals surface area (Å²) in [5, 5.41) is 0.444. The fourth-order valence-corrected chi connectivity index (χ4v) is 5.00. The maximum absolute atomic E-state index is 13.5. The highest BCUT2D eigenvalue weighted by atomic mass is 35.5. The molecule has 144 valence electrons. The molecular formula is C24H18ClNO3. The first-order valence-corrected chi connectivity index (χ1v) is 9.81. The predicted octanol–water partition coefficient (Wildman–Crippen LogP) is 4.45. The molecule has 0 unspecified atom stereocenters. The van der Waals surface area contributed by atoms with Crippen LogP contribution in [-0.4, -0.2) is 18.9 Å². The summed E-state index contributed by atoms with van der Waals surface area (Å²) in [5.74, 6) is -0.865. The minimum atomic E-state index is -0.626. The first-order chi connectivity index (χ1) is 14.1. The second-order valence-corrected chi connectivity index (χ2v) is 7.82. The van der Waals surface area contributed by atoms with Crippen molar-refractivity contribution in [2.45, 2.75) is 5.41 Å². The lowest BCUT2D eigenvalue weighted by Gasteiger charge is -2.27. The van der Waals surface area contributed by atoms with Gasteiger partial charge in [0, 0.05) is 10.4 Å². The summed E-state index contributed by atoms with van der Waals surface area (Å²) >= 11 is 6.14. The Morgan fingerprint density at radius 1 is 0.828 bits per heavy atom. The van der Waals surface area contributed by atoms with Crippen molar-refractivity contribution >= 4 is 29.1 Å². The minimum absolute atomic E-state index is 0.215. The average molecular weight is 404 g/mol. The van der Waals surface area contributed by atoms with Crippen LogP contribution in [0.4, 0.5) is 5.69 Å². The summed E-state index contributed by atoms with van der Waals surface area (Å²) in [6, 6.07) is 24.6. The van der Waals surface area contributed by atoms with Gasteiger partial charge in [-0.15, -0.1) is 0 Å². The molecule has 5 rings (SSSR count). The smallest absolute Gasteiger partial charge is 0.239 e. The van der Waals surface area contributed by atoms with Crippen molar-refractivity contribution in [2.24, 2.45) is 11.8 Å². The van der Waals surface area contributed by atoms with E-state index in [-0.39, 0.29) is 11.8 Å². The number of piperidine rings is 1. The number of carbonyl (C=O) groups is 2. The lowest BCUT2D eigenvalue weighted by Crippen LogP contribution is -2.39. The van der Waals surface area contributed by atoms with Crippen LogP contribution in [0.3, 0.4) is 0 Å². The van der Waals surface area contributed by atoms with Crippen molar-refractivity contribution in [3.05, 3.63) is 95.0 Å². The van der Waals surface area contributed by atoms with Gasteiger partial charge < -0.3 is 4.74 Å². The summed E-state index contributed by atoms with van der Waals surface area (Å²) in [7, 11) is 1.51. The van der Waals surface area contributed by atoms with Crippen LogP contribution >= 0.6 is 11.6 Å². The summed E-state index contributed by atoms with van der Waals surface area (Å²) in [4.78, 5) is 28.3. The number of imide groups is 1. The molecule has 0 N–H and O–H groups in total. The Kier molecular flexibility index (Phi) is 4.00. The SMILES string of the molecule is COc1ccc(Cl)cc1N1C(=O)[C@H]2[C@H](C1=O)C2(c1ccccc1)c1ccccc1. The zero-order chi connectivity index (χ0) is 20.2. The molecule has 1 saturated carbocycles. The van der Waals surface area contributed by atoms with Gasteiger partial charge in [-0.25, -0.2) is 4.90 Å². The normalized spacial score (nSPS) is 21.8. The van der Waals surface area contributed by atoms with Gasteiger partial charge in [-0.05, 0) is 29.3 Å². The maximum atomic E-state index is 13.5. The molecule has 3 aromatic rings. The van der Waals surface area contributed by atoms with E-state index < -0.39 is 17.3 Å². The van der Waals surface area contributed by atoms with E-state index in [2.05, 4.69) is 0 Å². The second-order valence-electron chi connectivity index (χ2n) is 7.38. The van der Waals surface area contributed by atoms with Gasteiger partial charge in [0.15, 0.2) is 0 Å². The summed E-state index contributed by atoms with van der Waals surface area (Å²) < 4.78 is 5.38. The van der Waals surface area contributed by atoms with E-state index in [1.165, 1.54) is 12.0 Å². The van der Waals surface area contributed by atoms with Crippen LogP contribution in [-0.2, 0) is 15.0 Å². The van der Waals surface area contributed by atoms with Gasteiger partial charge in [-0.1, -0.05) is 72.3 Å². The van der Waals surface area contributed by atoms with E-state index in [9.17, 15) is 9.59 Å². The Bertz CT molecular complexity index is 1050. The summed E-state index contributed by atoms with van der Waals surface area (Å²) in [6.45, 7) is 0. The number of amides is 2. The van der Waals surface area contributed by atoms with Crippen LogP contribution < -0.4 is 9.64 Å². The molecule has 0 radical (unpaired) electrons. The van der Waals surface area contributed by atoms with Gasteiger partial charge >= 0.3 is 0 Å². The zero-order valence-corrected chi connectivity index (χ0v) is 16.5. The fraction of sp³-hybridized carbons (Fsp3) is 0.167. The number of carbonyl (C=O) groups excluding carboxylic acids is 2. The van der Waals surface area contributed by atoms with Crippen molar-refractivity contribution in [3.8, 4) is 5.75 Å². The molecular weight excluding hydrogens is 386 g/mol. The third-order valence-electron chi connectivity index (χ3n) is 6.06. The standard InChI is InChI=1S/C24H18ClNO3/c1-29-19-13-12-17(25)14-18(19)26-22(27)20-21(23(26)28)24(20,15-8-4-2-5-9-15)16-10-6-3-7-11-16/h2-14,20-21H,1H3/t20-,21-/m1/s1. The van der Waals surface area contributed by atoms with Gasteiger partial charge in [0.25, 0.3) is 0 Å². The van der Waals surface area contributed by atoms with E-state index in [0.29, 0.717) is 16.5 Å². The van der Waals surface area contributed by atoms with E-state index in [4.69, 9.17) is 16.3 Å². The number of hydrogen-bond acceptors (Lipinski definition) is 3. The van der Waals surface area contributed by atoms with Gasteiger partial charge in [0.2, 0.25) is 11.8 Å².